The Balaban J connectivity index is 2.15. The molecule has 0 radical (unpaired) electrons. The molecule has 2 rings (SSSR count). The number of primary amides is 1. The van der Waals surface area contributed by atoms with Crippen molar-refractivity contribution in [1.29, 1.82) is 0 Å². The zero-order valence-electron chi connectivity index (χ0n) is 13.2. The highest BCUT2D eigenvalue weighted by molar-refractivity contribution is 6.04. The first-order valence-corrected chi connectivity index (χ1v) is 7.45. The number of carbonyl (C=O) groups excluding carboxylic acids is 2. The van der Waals surface area contributed by atoms with Crippen LogP contribution in [0.2, 0.25) is 0 Å². The van der Waals surface area contributed by atoms with Crippen molar-refractivity contribution in [3.63, 3.8) is 0 Å². The van der Waals surface area contributed by atoms with Crippen molar-refractivity contribution in [2.24, 2.45) is 5.73 Å². The average molecular weight is 312 g/mol. The van der Waals surface area contributed by atoms with Crippen LogP contribution in [0.3, 0.4) is 0 Å². The van der Waals surface area contributed by atoms with E-state index in [2.05, 4.69) is 5.32 Å². The second kappa shape index (κ2) is 7.45. The van der Waals surface area contributed by atoms with Crippen LogP contribution in [0.1, 0.15) is 29.3 Å². The van der Waals surface area contributed by atoms with Crippen LogP contribution in [-0.2, 0) is 4.79 Å². The Kier molecular flexibility index (Phi) is 5.36. The van der Waals surface area contributed by atoms with E-state index in [1.807, 2.05) is 38.1 Å². The Hall–Kier alpha value is -2.82. The van der Waals surface area contributed by atoms with E-state index in [1.54, 1.807) is 24.3 Å². The molecule has 0 aliphatic rings. The summed E-state index contributed by atoms with van der Waals surface area (Å²) in [6, 6.07) is 14.1. The van der Waals surface area contributed by atoms with Gasteiger partial charge in [-0.25, -0.2) is 0 Å². The fourth-order valence-corrected chi connectivity index (χ4v) is 2.18. The molecule has 120 valence electrons. The number of carbonyl (C=O) groups is 2. The third kappa shape index (κ3) is 4.10. The van der Waals surface area contributed by atoms with Crippen molar-refractivity contribution < 1.29 is 14.3 Å². The molecule has 0 bridgehead atoms. The number of hydrogen-bond donors (Lipinski definition) is 2. The van der Waals surface area contributed by atoms with E-state index in [4.69, 9.17) is 10.5 Å². The molecule has 0 spiro atoms. The van der Waals surface area contributed by atoms with Gasteiger partial charge in [-0.1, -0.05) is 37.3 Å². The van der Waals surface area contributed by atoms with Gasteiger partial charge in [-0.15, -0.1) is 0 Å². The van der Waals surface area contributed by atoms with Crippen LogP contribution in [-0.4, -0.2) is 17.9 Å². The number of hydrogen-bond acceptors (Lipinski definition) is 3. The monoisotopic (exact) mass is 312 g/mol. The molecule has 0 unspecified atom stereocenters. The van der Waals surface area contributed by atoms with Gasteiger partial charge in [0.1, 0.15) is 5.75 Å². The molecule has 0 aromatic heterocycles. The van der Waals surface area contributed by atoms with Gasteiger partial charge >= 0.3 is 0 Å². The van der Waals surface area contributed by atoms with E-state index < -0.39 is 12.0 Å². The summed E-state index contributed by atoms with van der Waals surface area (Å²) in [5.74, 6) is -0.240. The Morgan fingerprint density at radius 1 is 1.13 bits per heavy atom. The molecule has 2 aromatic rings. The molecule has 0 saturated carbocycles. The number of ether oxygens (including phenoxy) is 1. The minimum atomic E-state index is -0.656. The number of nitrogens with one attached hydrogen (secondary N) is 1. The molecule has 0 aliphatic heterocycles. The van der Waals surface area contributed by atoms with E-state index in [0.29, 0.717) is 17.9 Å². The van der Waals surface area contributed by atoms with Gasteiger partial charge in [-0.05, 0) is 37.1 Å². The van der Waals surface area contributed by atoms with Gasteiger partial charge < -0.3 is 15.8 Å². The van der Waals surface area contributed by atoms with Crippen LogP contribution < -0.4 is 15.8 Å². The summed E-state index contributed by atoms with van der Waals surface area (Å²) in [6.07, 6.45) is -0.157. The largest absolute Gasteiger partial charge is 0.480 e. The van der Waals surface area contributed by atoms with E-state index in [0.717, 1.165) is 5.56 Å². The minimum Gasteiger partial charge on any atom is -0.480 e. The first kappa shape index (κ1) is 16.5. The van der Waals surface area contributed by atoms with Gasteiger partial charge in [0, 0.05) is 0 Å². The molecular weight excluding hydrogens is 292 g/mol. The summed E-state index contributed by atoms with van der Waals surface area (Å²) in [5, 5.41) is 2.72. The summed E-state index contributed by atoms with van der Waals surface area (Å²) >= 11 is 0. The van der Waals surface area contributed by atoms with Crippen LogP contribution in [0.5, 0.6) is 5.75 Å². The van der Waals surface area contributed by atoms with Crippen molar-refractivity contribution in [2.45, 2.75) is 26.4 Å². The van der Waals surface area contributed by atoms with Crippen LogP contribution in [0.15, 0.2) is 48.5 Å². The highest BCUT2D eigenvalue weighted by Gasteiger charge is 2.20. The molecule has 0 saturated heterocycles. The summed E-state index contributed by atoms with van der Waals surface area (Å²) < 4.78 is 5.80. The molecule has 2 amide bonds. The van der Waals surface area contributed by atoms with Gasteiger partial charge in [-0.3, -0.25) is 9.59 Å². The standard InChI is InChI=1S/C18H20N2O3/c1-3-15(23-16-11-7-4-8-12(16)2)18(22)20-14-10-6-5-9-13(14)17(19)21/h4-11,15H,3H2,1-2H3,(H2,19,21)(H,20,22)/t15-/m0/s1. The lowest BCUT2D eigenvalue weighted by Crippen LogP contribution is -2.33. The first-order chi connectivity index (χ1) is 11.0. The number of amides is 2. The molecule has 23 heavy (non-hydrogen) atoms. The number of rotatable bonds is 6. The maximum Gasteiger partial charge on any atom is 0.265 e. The van der Waals surface area contributed by atoms with Crippen molar-refractivity contribution in [3.8, 4) is 5.75 Å². The summed E-state index contributed by atoms with van der Waals surface area (Å²) in [5.41, 5.74) is 6.93. The smallest absolute Gasteiger partial charge is 0.265 e. The quantitative estimate of drug-likeness (QED) is 0.860. The molecule has 1 atom stereocenters. The van der Waals surface area contributed by atoms with Crippen LogP contribution in [0.4, 0.5) is 5.69 Å². The predicted molar refractivity (Wildman–Crippen MR) is 89.5 cm³/mol. The van der Waals surface area contributed by atoms with E-state index >= 15 is 0 Å². The lowest BCUT2D eigenvalue weighted by molar-refractivity contribution is -0.122. The second-order valence-corrected chi connectivity index (χ2v) is 5.18. The predicted octanol–water partition coefficient (Wildman–Crippen LogP) is 2.89. The summed E-state index contributed by atoms with van der Waals surface area (Å²) in [7, 11) is 0. The lowest BCUT2D eigenvalue weighted by atomic mass is 10.1. The molecule has 0 fully saturated rings. The Labute approximate surface area is 135 Å². The van der Waals surface area contributed by atoms with Gasteiger partial charge in [0.2, 0.25) is 0 Å². The van der Waals surface area contributed by atoms with Crippen molar-refractivity contribution >= 4 is 17.5 Å². The van der Waals surface area contributed by atoms with E-state index in [1.165, 1.54) is 0 Å². The second-order valence-electron chi connectivity index (χ2n) is 5.18. The van der Waals surface area contributed by atoms with Crippen LogP contribution in [0.25, 0.3) is 0 Å². The minimum absolute atomic E-state index is 0.270. The number of aryl methyl sites for hydroxylation is 1. The summed E-state index contributed by atoms with van der Waals surface area (Å²) in [4.78, 5) is 23.9. The molecule has 2 aromatic carbocycles. The Morgan fingerprint density at radius 2 is 1.78 bits per heavy atom. The Bertz CT molecular complexity index is 713. The first-order valence-electron chi connectivity index (χ1n) is 7.45. The normalized spacial score (nSPS) is 11.6. The van der Waals surface area contributed by atoms with Gasteiger partial charge in [0.25, 0.3) is 11.8 Å². The van der Waals surface area contributed by atoms with Gasteiger partial charge in [0.15, 0.2) is 6.10 Å². The SMILES string of the molecule is CC[C@H](Oc1ccccc1C)C(=O)Nc1ccccc1C(N)=O. The van der Waals surface area contributed by atoms with Crippen molar-refractivity contribution in [1.82, 2.24) is 0 Å². The average Bonchev–Trinajstić information content (AvgIpc) is 2.54. The third-order valence-corrected chi connectivity index (χ3v) is 3.48. The number of para-hydroxylation sites is 2. The molecule has 5 nitrogen and oxygen atoms in total. The highest BCUT2D eigenvalue weighted by atomic mass is 16.5. The molecule has 0 heterocycles. The summed E-state index contributed by atoms with van der Waals surface area (Å²) in [6.45, 7) is 3.78. The molecule has 3 N–H and O–H groups in total. The van der Waals surface area contributed by atoms with Crippen molar-refractivity contribution in [2.75, 3.05) is 5.32 Å². The topological polar surface area (TPSA) is 81.4 Å². The maximum absolute atomic E-state index is 12.4. The molecular formula is C18H20N2O3. The number of benzene rings is 2. The van der Waals surface area contributed by atoms with E-state index in [9.17, 15) is 9.59 Å². The zero-order chi connectivity index (χ0) is 16.8. The third-order valence-electron chi connectivity index (χ3n) is 3.48. The highest BCUT2D eigenvalue weighted by Crippen LogP contribution is 2.20. The lowest BCUT2D eigenvalue weighted by Gasteiger charge is -2.19. The van der Waals surface area contributed by atoms with Crippen molar-refractivity contribution in [3.05, 3.63) is 59.7 Å². The van der Waals surface area contributed by atoms with E-state index in [-0.39, 0.29) is 11.5 Å². The fraction of sp³-hybridized carbons (Fsp3) is 0.222. The zero-order valence-corrected chi connectivity index (χ0v) is 13.2. The van der Waals surface area contributed by atoms with Crippen LogP contribution >= 0.6 is 0 Å². The van der Waals surface area contributed by atoms with Crippen LogP contribution in [0, 0.1) is 6.92 Å². The number of anilines is 1. The maximum atomic E-state index is 12.4. The fourth-order valence-electron chi connectivity index (χ4n) is 2.18. The molecule has 5 heteroatoms. The Morgan fingerprint density at radius 3 is 2.43 bits per heavy atom. The van der Waals surface area contributed by atoms with Gasteiger partial charge in [-0.2, -0.15) is 0 Å². The molecule has 0 aliphatic carbocycles. The number of nitrogens with two attached hydrogens (primary N) is 1. The van der Waals surface area contributed by atoms with Gasteiger partial charge in [0.05, 0.1) is 11.3 Å².